The van der Waals surface area contributed by atoms with Crippen LogP contribution in [0.25, 0.3) is 41.8 Å². The smallest absolute Gasteiger partial charge is 0.314 e. The molecule has 54 heteroatoms. The highest BCUT2D eigenvalue weighted by Crippen LogP contribution is 2.53. The van der Waals surface area contributed by atoms with E-state index >= 15 is 0 Å². The Morgan fingerprint density at radius 2 is 0.527 bits per heavy atom. The summed E-state index contributed by atoms with van der Waals surface area (Å²) < 4.78 is 4.40. The highest BCUT2D eigenvalue weighted by atomic mass is 16.7. The zero-order valence-electron chi connectivity index (χ0n) is 35.4. The van der Waals surface area contributed by atoms with E-state index < -0.39 is 138 Å². The van der Waals surface area contributed by atoms with Crippen molar-refractivity contribution < 1.29 is 69.0 Å². The number of urea groups is 4. The van der Waals surface area contributed by atoms with Crippen LogP contribution in [0.3, 0.4) is 0 Å². The van der Waals surface area contributed by atoms with Gasteiger partial charge < -0.3 is 4.74 Å². The number of carbonyl (C=O) groups excluding carboxylic acids is 5. The van der Waals surface area contributed by atoms with Gasteiger partial charge in [-0.25, -0.2) is 80.9 Å². The molecule has 0 aromatic carbocycles. The monoisotopic (exact) mass is 1060 g/mol. The molecule has 10 aliphatic rings. The Morgan fingerprint density at radius 1 is 0.378 bits per heavy atom. The third-order valence-corrected chi connectivity index (χ3v) is 11.5. The van der Waals surface area contributed by atoms with Crippen LogP contribution in [0.15, 0.2) is 20.5 Å². The highest BCUT2D eigenvalue weighted by molar-refractivity contribution is 5.80. The topological polar surface area (TPSA) is 674 Å². The molecule has 0 spiro atoms. The second-order valence-electron chi connectivity index (χ2n) is 14.3. The number of ether oxygens (including phenoxy) is 1. The normalized spacial score (nSPS) is 28.2. The van der Waals surface area contributed by atoms with E-state index in [1.54, 1.807) is 6.92 Å². The minimum Gasteiger partial charge on any atom is -0.466 e. The molecule has 0 aromatic rings. The van der Waals surface area contributed by atoms with E-state index in [0.717, 1.165) is 0 Å². The van der Waals surface area contributed by atoms with E-state index in [2.05, 4.69) is 44.8 Å². The second-order valence-corrected chi connectivity index (χ2v) is 14.3. The van der Waals surface area contributed by atoms with Gasteiger partial charge in [0.2, 0.25) is 49.3 Å². The van der Waals surface area contributed by atoms with Crippen molar-refractivity contribution in [2.75, 3.05) is 6.61 Å². The van der Waals surface area contributed by atoms with Gasteiger partial charge in [0.15, 0.2) is 40.3 Å². The van der Waals surface area contributed by atoms with Crippen molar-refractivity contribution in [2.24, 2.45) is 20.5 Å². The van der Waals surface area contributed by atoms with Gasteiger partial charge in [0.25, 0.3) is 24.7 Å². The standard InChI is InChI=1S/2C8H6N16O10.C4H8O2/c2*9-13-11-7(25)15-1-2-16(8(26)12-14-10)4-3(15)19(23(31)32)6(20(4)24(33)34)5(17(1)21(27)28)18(2)22(29)30;1-3-6-4(2)5/h2*1-6H;3H2,1-2H3/t2*1-,2+,3+,4-,5?,6?;. The first-order valence-electron chi connectivity index (χ1n) is 18.8. The lowest BCUT2D eigenvalue weighted by Gasteiger charge is -2.47. The van der Waals surface area contributed by atoms with Crippen molar-refractivity contribution in [2.45, 2.75) is 87.8 Å². The predicted octanol–water partition coefficient (Wildman–Crippen LogP) is -2.56. The minimum absolute atomic E-state index is 0.0817. The molecule has 12 atom stereocenters. The molecule has 12 bridgehead atoms. The number of rotatable bonds is 9. The van der Waals surface area contributed by atoms with Gasteiger partial charge in [-0.1, -0.05) is 40.1 Å². The molecular weight excluding hydrogens is 1040 g/mol. The lowest BCUT2D eigenvalue weighted by Crippen LogP contribution is -2.76. The summed E-state index contributed by atoms with van der Waals surface area (Å²) in [5, 5.41) is 95.1. The summed E-state index contributed by atoms with van der Waals surface area (Å²) in [5.74, 6) is -0.211. The maximum Gasteiger partial charge on any atom is 0.314 e. The molecule has 8 amide bonds. The molecule has 392 valence electrons. The third kappa shape index (κ3) is 7.20. The molecule has 10 aliphatic heterocycles. The van der Waals surface area contributed by atoms with Gasteiger partial charge in [-0.3, -0.25) is 43.6 Å². The average Bonchev–Trinajstić information content (AvgIpc) is 3.96. The van der Waals surface area contributed by atoms with Crippen LogP contribution in [-0.2, 0) is 9.53 Å². The molecule has 10 saturated heterocycles. The SMILES string of the molecule is CCOC(C)=O.[N-]=[N+]=NC(=O)N1[C@H]2[C@H]3N(C(=O)N=[N+]=[N-])[C@H]4[C@@H]1N([N+](=O)[O-])C(C(N2[N+](=O)[O-])N3[N+](=O)[O-])N4[N+](=O)[O-].[N-]=[N+]=NC(=O)N1[C@H]2[C@H]3N(C(=O)N=[N+]=[N-])[C@H]4[C@@H]1N([N+](=O)[O-])C(C(N2[N+](=O)[O-])N3[N+](=O)[O-])N4[N+](=O)[O-]. The van der Waals surface area contributed by atoms with Crippen molar-refractivity contribution >= 4 is 30.1 Å². The fourth-order valence-corrected chi connectivity index (χ4v) is 9.73. The Bertz CT molecular complexity index is 2330. The quantitative estimate of drug-likeness (QED) is 0.0572. The fraction of sp³-hybridized carbons (Fsp3) is 0.750. The first-order valence-corrected chi connectivity index (χ1v) is 18.8. The zero-order valence-corrected chi connectivity index (χ0v) is 35.4. The lowest BCUT2D eigenvalue weighted by molar-refractivity contribution is -0.746. The van der Waals surface area contributed by atoms with Crippen molar-refractivity contribution in [1.82, 2.24) is 59.7 Å². The summed E-state index contributed by atoms with van der Waals surface area (Å²) in [6.45, 7) is 3.65. The van der Waals surface area contributed by atoms with Crippen LogP contribution in [0.5, 0.6) is 0 Å². The van der Waals surface area contributed by atoms with E-state index in [9.17, 15) is 105 Å². The molecular formula is C20H20N32O22. The van der Waals surface area contributed by atoms with Crippen LogP contribution < -0.4 is 0 Å². The highest BCUT2D eigenvalue weighted by Gasteiger charge is 2.87. The number of nitro groups is 8. The van der Waals surface area contributed by atoms with Gasteiger partial charge in [-0.15, -0.1) is 0 Å². The summed E-state index contributed by atoms with van der Waals surface area (Å²) in [6.07, 6.45) is -27.6. The number of amides is 8. The van der Waals surface area contributed by atoms with Gasteiger partial charge in [-0.2, -0.15) is 0 Å². The third-order valence-electron chi connectivity index (χ3n) is 11.5. The van der Waals surface area contributed by atoms with Crippen LogP contribution in [-0.4, -0.2) is 211 Å². The maximum absolute atomic E-state index is 12.6. The van der Waals surface area contributed by atoms with Crippen LogP contribution >= 0.6 is 0 Å². The molecule has 0 saturated carbocycles. The number of hydrogen-bond acceptors (Lipinski definition) is 22. The lowest BCUT2D eigenvalue weighted by atomic mass is 10.1. The van der Waals surface area contributed by atoms with E-state index in [4.69, 9.17) is 22.1 Å². The van der Waals surface area contributed by atoms with Crippen molar-refractivity contribution in [3.63, 3.8) is 0 Å². The van der Waals surface area contributed by atoms with Gasteiger partial charge in [0, 0.05) is 47.0 Å². The molecule has 10 heterocycles. The Morgan fingerprint density at radius 3 is 0.608 bits per heavy atom. The van der Waals surface area contributed by atoms with Crippen LogP contribution in [0.1, 0.15) is 13.8 Å². The van der Waals surface area contributed by atoms with Gasteiger partial charge in [0.1, 0.15) is 0 Å². The summed E-state index contributed by atoms with van der Waals surface area (Å²) in [5.41, 5.74) is 34.6. The van der Waals surface area contributed by atoms with Gasteiger partial charge in [-0.05, 0) is 29.0 Å². The first kappa shape index (κ1) is 51.6. The fourth-order valence-electron chi connectivity index (χ4n) is 9.73. The summed E-state index contributed by atoms with van der Waals surface area (Å²) >= 11 is 0. The number of nitrogens with zero attached hydrogens (tertiary/aromatic N) is 32. The van der Waals surface area contributed by atoms with E-state index in [-0.39, 0.29) is 65.6 Å². The molecule has 54 nitrogen and oxygen atoms in total. The zero-order chi connectivity index (χ0) is 55.4. The number of azide groups is 4. The maximum atomic E-state index is 12.6. The Balaban J connectivity index is 0.000000217. The second kappa shape index (κ2) is 18.6. The van der Waals surface area contributed by atoms with E-state index in [0.29, 0.717) is 6.61 Å². The summed E-state index contributed by atoms with van der Waals surface area (Å²) in [4.78, 5) is 165. The largest absolute Gasteiger partial charge is 0.466 e. The summed E-state index contributed by atoms with van der Waals surface area (Å²) in [7, 11) is 0. The Labute approximate surface area is 396 Å². The number of carbonyl (C=O) groups is 5. The molecule has 74 heavy (non-hydrogen) atoms. The first-order chi connectivity index (χ1) is 34.8. The number of hydrazine groups is 8. The van der Waals surface area contributed by atoms with E-state index in [1.807, 2.05) is 0 Å². The number of piperazine rings is 2. The molecule has 0 aliphatic carbocycles. The molecule has 0 N–H and O–H groups in total. The minimum atomic E-state index is -2.43. The number of hydrogen-bond donors (Lipinski definition) is 0. The molecule has 0 aromatic heterocycles. The van der Waals surface area contributed by atoms with Crippen LogP contribution in [0.4, 0.5) is 19.2 Å². The van der Waals surface area contributed by atoms with Gasteiger partial charge in [0.05, 0.1) is 6.61 Å². The van der Waals surface area contributed by atoms with Crippen molar-refractivity contribution in [1.29, 1.82) is 0 Å². The Kier molecular flexibility index (Phi) is 13.0. The Hall–Kier alpha value is -11.8. The molecule has 10 rings (SSSR count). The number of esters is 1. The van der Waals surface area contributed by atoms with Gasteiger partial charge >= 0.3 is 30.1 Å². The molecule has 10 fully saturated rings. The van der Waals surface area contributed by atoms with Crippen molar-refractivity contribution in [3.8, 4) is 0 Å². The van der Waals surface area contributed by atoms with Crippen LogP contribution in [0, 0.1) is 80.9 Å². The molecule has 0 radical (unpaired) electrons. The average molecular weight is 1060 g/mol. The van der Waals surface area contributed by atoms with E-state index in [1.165, 1.54) is 6.92 Å². The summed E-state index contributed by atoms with van der Waals surface area (Å²) in [6, 6.07) is -6.90. The van der Waals surface area contributed by atoms with Crippen molar-refractivity contribution in [3.05, 3.63) is 123 Å². The predicted molar refractivity (Wildman–Crippen MR) is 204 cm³/mol. The van der Waals surface area contributed by atoms with Crippen LogP contribution in [0.2, 0.25) is 0 Å². The molecule has 4 unspecified atom stereocenters.